The monoisotopic (exact) mass is 258 g/mol. The minimum Gasteiger partial charge on any atom is -0.308 e. The predicted octanol–water partition coefficient (Wildman–Crippen LogP) is 2.56. The molecule has 0 radical (unpaired) electrons. The molecule has 0 unspecified atom stereocenters. The summed E-state index contributed by atoms with van der Waals surface area (Å²) in [5.41, 5.74) is 2.07. The lowest BCUT2D eigenvalue weighted by Crippen LogP contribution is -2.20. The van der Waals surface area contributed by atoms with Gasteiger partial charge >= 0.3 is 6.03 Å². The van der Waals surface area contributed by atoms with Gasteiger partial charge in [0, 0.05) is 16.8 Å². The Morgan fingerprint density at radius 2 is 1.84 bits per heavy atom. The van der Waals surface area contributed by atoms with E-state index in [2.05, 4.69) is 20.8 Å². The Morgan fingerprint density at radius 1 is 1.16 bits per heavy atom. The normalized spacial score (nSPS) is 10.0. The van der Waals surface area contributed by atoms with Crippen LogP contribution in [-0.2, 0) is 0 Å². The van der Waals surface area contributed by atoms with Crippen molar-refractivity contribution in [3.8, 4) is 0 Å². The van der Waals surface area contributed by atoms with Crippen LogP contribution in [0.5, 0.6) is 0 Å². The molecule has 3 N–H and O–H groups in total. The second kappa shape index (κ2) is 5.34. The number of rotatable bonds is 3. The van der Waals surface area contributed by atoms with Crippen molar-refractivity contribution in [2.75, 3.05) is 10.6 Å². The molecule has 0 saturated heterocycles. The van der Waals surface area contributed by atoms with Crippen LogP contribution in [0.3, 0.4) is 0 Å². The molecule has 6 heteroatoms. The zero-order valence-corrected chi connectivity index (χ0v) is 10.7. The predicted molar refractivity (Wildman–Crippen MR) is 72.4 cm³/mol. The molecule has 1 heterocycles. The van der Waals surface area contributed by atoms with Gasteiger partial charge in [-0.2, -0.15) is 5.10 Å². The molecule has 0 bridgehead atoms. The number of ketones is 1. The largest absolute Gasteiger partial charge is 0.324 e. The summed E-state index contributed by atoms with van der Waals surface area (Å²) in [6, 6.07) is 6.31. The first-order valence-corrected chi connectivity index (χ1v) is 5.75. The van der Waals surface area contributed by atoms with Gasteiger partial charge in [0.1, 0.15) is 5.82 Å². The van der Waals surface area contributed by atoms with Crippen molar-refractivity contribution >= 4 is 23.3 Å². The van der Waals surface area contributed by atoms with Crippen molar-refractivity contribution in [3.63, 3.8) is 0 Å². The number of carbonyl (C=O) groups is 2. The fourth-order valence-corrected chi connectivity index (χ4v) is 1.54. The molecule has 0 atom stereocenters. The van der Waals surface area contributed by atoms with Gasteiger partial charge in [0.05, 0.1) is 6.20 Å². The van der Waals surface area contributed by atoms with Crippen LogP contribution < -0.4 is 10.6 Å². The fraction of sp³-hybridized carbons (Fsp3) is 0.154. The van der Waals surface area contributed by atoms with Crippen LogP contribution in [0.1, 0.15) is 22.8 Å². The van der Waals surface area contributed by atoms with Gasteiger partial charge in [-0.05, 0) is 38.1 Å². The summed E-state index contributed by atoms with van der Waals surface area (Å²) in [5.74, 6) is 0.543. The first kappa shape index (κ1) is 12.8. The number of anilines is 2. The van der Waals surface area contributed by atoms with Crippen molar-refractivity contribution < 1.29 is 9.59 Å². The van der Waals surface area contributed by atoms with Crippen LogP contribution in [0.25, 0.3) is 0 Å². The molecular formula is C13H14N4O2. The number of aromatic nitrogens is 2. The first-order chi connectivity index (χ1) is 9.06. The van der Waals surface area contributed by atoms with E-state index in [9.17, 15) is 9.59 Å². The number of carbonyl (C=O) groups excluding carboxylic acids is 2. The van der Waals surface area contributed by atoms with E-state index in [0.29, 0.717) is 17.1 Å². The van der Waals surface area contributed by atoms with E-state index in [1.54, 1.807) is 30.5 Å². The highest BCUT2D eigenvalue weighted by Crippen LogP contribution is 2.12. The van der Waals surface area contributed by atoms with E-state index in [-0.39, 0.29) is 11.8 Å². The quantitative estimate of drug-likeness (QED) is 0.739. The molecule has 6 nitrogen and oxygen atoms in total. The van der Waals surface area contributed by atoms with Gasteiger partial charge in [0.2, 0.25) is 0 Å². The standard InChI is InChI=1S/C13H14N4O2/c1-8-7-14-17-12(8)16-13(19)15-11-5-3-10(4-6-11)9(2)18/h3-7H,1-2H3,(H3,14,15,16,17,19). The average molecular weight is 258 g/mol. The van der Waals surface area contributed by atoms with Crippen LogP contribution in [0, 0.1) is 6.92 Å². The van der Waals surface area contributed by atoms with Crippen LogP contribution in [-0.4, -0.2) is 22.0 Å². The molecule has 0 aliphatic carbocycles. The summed E-state index contributed by atoms with van der Waals surface area (Å²) in [4.78, 5) is 22.8. The molecule has 0 aliphatic rings. The van der Waals surface area contributed by atoms with E-state index in [1.807, 2.05) is 6.92 Å². The van der Waals surface area contributed by atoms with Crippen molar-refractivity contribution in [2.24, 2.45) is 0 Å². The van der Waals surface area contributed by atoms with Gasteiger partial charge < -0.3 is 5.32 Å². The summed E-state index contributed by atoms with van der Waals surface area (Å²) in [6.07, 6.45) is 1.62. The number of H-pyrrole nitrogens is 1. The molecule has 0 fully saturated rings. The Kier molecular flexibility index (Phi) is 3.61. The van der Waals surface area contributed by atoms with Crippen LogP contribution in [0.15, 0.2) is 30.5 Å². The average Bonchev–Trinajstić information content (AvgIpc) is 2.75. The molecule has 2 rings (SSSR count). The van der Waals surface area contributed by atoms with E-state index < -0.39 is 0 Å². The third-order valence-corrected chi connectivity index (χ3v) is 2.62. The summed E-state index contributed by atoms with van der Waals surface area (Å²) in [6.45, 7) is 3.33. The van der Waals surface area contributed by atoms with E-state index in [0.717, 1.165) is 5.56 Å². The van der Waals surface area contributed by atoms with Crippen molar-refractivity contribution in [1.29, 1.82) is 0 Å². The second-order valence-corrected chi connectivity index (χ2v) is 4.14. The fourth-order valence-electron chi connectivity index (χ4n) is 1.54. The smallest absolute Gasteiger partial charge is 0.308 e. The lowest BCUT2D eigenvalue weighted by molar-refractivity contribution is 0.101. The van der Waals surface area contributed by atoms with E-state index in [4.69, 9.17) is 0 Å². The molecule has 1 aromatic heterocycles. The highest BCUT2D eigenvalue weighted by atomic mass is 16.2. The highest BCUT2D eigenvalue weighted by molar-refractivity contribution is 6.00. The number of nitrogens with one attached hydrogen (secondary N) is 3. The number of amides is 2. The van der Waals surface area contributed by atoms with Crippen molar-refractivity contribution in [2.45, 2.75) is 13.8 Å². The summed E-state index contributed by atoms with van der Waals surface area (Å²) in [5, 5.41) is 11.8. The summed E-state index contributed by atoms with van der Waals surface area (Å²) >= 11 is 0. The number of nitrogens with zero attached hydrogens (tertiary/aromatic N) is 1. The Bertz CT molecular complexity index is 601. The van der Waals surface area contributed by atoms with Crippen molar-refractivity contribution in [3.05, 3.63) is 41.6 Å². The first-order valence-electron chi connectivity index (χ1n) is 5.75. The zero-order chi connectivity index (χ0) is 13.8. The molecule has 0 saturated carbocycles. The number of hydrogen-bond donors (Lipinski definition) is 3. The van der Waals surface area contributed by atoms with E-state index >= 15 is 0 Å². The number of aryl methyl sites for hydroxylation is 1. The highest BCUT2D eigenvalue weighted by Gasteiger charge is 2.06. The Labute approximate surface area is 110 Å². The minimum absolute atomic E-state index is 0.0101. The maximum Gasteiger partial charge on any atom is 0.324 e. The molecule has 2 amide bonds. The van der Waals surface area contributed by atoms with Crippen LogP contribution in [0.2, 0.25) is 0 Å². The van der Waals surface area contributed by atoms with Gasteiger partial charge in [-0.1, -0.05) is 0 Å². The molecule has 2 aromatic rings. The Morgan fingerprint density at radius 3 is 2.37 bits per heavy atom. The molecule has 19 heavy (non-hydrogen) atoms. The topological polar surface area (TPSA) is 86.9 Å². The molecule has 1 aromatic carbocycles. The van der Waals surface area contributed by atoms with E-state index in [1.165, 1.54) is 6.92 Å². The summed E-state index contributed by atoms with van der Waals surface area (Å²) in [7, 11) is 0. The SMILES string of the molecule is CC(=O)c1ccc(NC(=O)Nc2[nH]ncc2C)cc1. The van der Waals surface area contributed by atoms with Crippen LogP contribution >= 0.6 is 0 Å². The number of urea groups is 1. The zero-order valence-electron chi connectivity index (χ0n) is 10.7. The number of aromatic amines is 1. The molecule has 0 aliphatic heterocycles. The third-order valence-electron chi connectivity index (χ3n) is 2.62. The number of benzene rings is 1. The second-order valence-electron chi connectivity index (χ2n) is 4.14. The van der Waals surface area contributed by atoms with Crippen LogP contribution in [0.4, 0.5) is 16.3 Å². The van der Waals surface area contributed by atoms with Crippen molar-refractivity contribution in [1.82, 2.24) is 10.2 Å². The Balaban J connectivity index is 1.99. The van der Waals surface area contributed by atoms with Gasteiger partial charge in [-0.15, -0.1) is 0 Å². The number of Topliss-reactive ketones (excluding diaryl/α,β-unsaturated/α-hetero) is 1. The lowest BCUT2D eigenvalue weighted by atomic mass is 10.1. The van der Waals surface area contributed by atoms with Gasteiger partial charge in [0.25, 0.3) is 0 Å². The third kappa shape index (κ3) is 3.19. The van der Waals surface area contributed by atoms with Gasteiger partial charge in [-0.3, -0.25) is 15.2 Å². The molecule has 98 valence electrons. The van der Waals surface area contributed by atoms with Gasteiger partial charge in [0.15, 0.2) is 5.78 Å². The Hall–Kier alpha value is -2.63. The lowest BCUT2D eigenvalue weighted by Gasteiger charge is -2.07. The number of hydrogen-bond acceptors (Lipinski definition) is 3. The van der Waals surface area contributed by atoms with Gasteiger partial charge in [-0.25, -0.2) is 4.79 Å². The minimum atomic E-state index is -0.372. The maximum atomic E-state index is 11.7. The maximum absolute atomic E-state index is 11.7. The molecule has 0 spiro atoms. The summed E-state index contributed by atoms with van der Waals surface area (Å²) < 4.78 is 0. The molecular weight excluding hydrogens is 244 g/mol.